The van der Waals surface area contributed by atoms with E-state index in [-0.39, 0.29) is 5.91 Å². The molecule has 0 bridgehead atoms. The van der Waals surface area contributed by atoms with Crippen LogP contribution in [-0.4, -0.2) is 27.2 Å². The molecule has 0 aliphatic rings. The average Bonchev–Trinajstić information content (AvgIpc) is 3.41. The number of fused-ring (bicyclic) bond motifs is 1. The van der Waals surface area contributed by atoms with E-state index in [1.54, 1.807) is 17.0 Å². The van der Waals surface area contributed by atoms with Gasteiger partial charge < -0.3 is 4.42 Å². The van der Waals surface area contributed by atoms with E-state index < -0.39 is 0 Å². The number of nitrogens with zero attached hydrogens (tertiary/aromatic N) is 4. The first-order valence-electron chi connectivity index (χ1n) is 9.70. The molecule has 1 amide bonds. The summed E-state index contributed by atoms with van der Waals surface area (Å²) in [4.78, 5) is 19.7. The Morgan fingerprint density at radius 1 is 1.24 bits per heavy atom. The van der Waals surface area contributed by atoms with E-state index in [0.717, 1.165) is 21.6 Å². The highest BCUT2D eigenvalue weighted by Gasteiger charge is 2.24. The van der Waals surface area contributed by atoms with E-state index in [9.17, 15) is 4.79 Å². The van der Waals surface area contributed by atoms with Crippen LogP contribution in [0.3, 0.4) is 0 Å². The summed E-state index contributed by atoms with van der Waals surface area (Å²) in [5.74, 6) is 0.473. The summed E-state index contributed by atoms with van der Waals surface area (Å²) >= 11 is 1.53. The summed E-state index contributed by atoms with van der Waals surface area (Å²) < 4.78 is 8.38. The normalized spacial score (nSPS) is 11.5. The van der Waals surface area contributed by atoms with Crippen LogP contribution in [0.5, 0.6) is 0 Å². The maximum Gasteiger partial charge on any atom is 0.295 e. The minimum Gasteiger partial charge on any atom is -0.459 e. The molecule has 0 atom stereocenters. The zero-order valence-corrected chi connectivity index (χ0v) is 17.9. The van der Waals surface area contributed by atoms with Crippen molar-refractivity contribution in [2.45, 2.75) is 40.2 Å². The van der Waals surface area contributed by atoms with E-state index in [1.165, 1.54) is 23.2 Å². The van der Waals surface area contributed by atoms with Crippen molar-refractivity contribution in [2.24, 2.45) is 0 Å². The van der Waals surface area contributed by atoms with Crippen LogP contribution < -0.4 is 4.90 Å². The van der Waals surface area contributed by atoms with Gasteiger partial charge in [0, 0.05) is 12.2 Å². The van der Waals surface area contributed by atoms with Crippen molar-refractivity contribution in [3.05, 3.63) is 65.4 Å². The number of benzene rings is 1. The zero-order valence-electron chi connectivity index (χ0n) is 17.0. The lowest BCUT2D eigenvalue weighted by molar-refractivity contribution is 0.0959. The van der Waals surface area contributed by atoms with Gasteiger partial charge in [0.1, 0.15) is 0 Å². The standard InChI is InChI=1S/C22H24N4O2S/c1-14(2)17-7-5-9-19-20(17)23-22(29-19)25(21(27)18-8-6-12-28-18)10-11-26-16(4)13-15(3)24-26/h5-9,12-14H,10-11H2,1-4H3. The lowest BCUT2D eigenvalue weighted by Crippen LogP contribution is -2.34. The maximum absolute atomic E-state index is 13.2. The summed E-state index contributed by atoms with van der Waals surface area (Å²) in [6.07, 6.45) is 1.52. The van der Waals surface area contributed by atoms with Crippen molar-refractivity contribution in [3.8, 4) is 0 Å². The minimum absolute atomic E-state index is 0.193. The van der Waals surface area contributed by atoms with Crippen LogP contribution in [0.15, 0.2) is 47.1 Å². The van der Waals surface area contributed by atoms with Gasteiger partial charge in [-0.1, -0.05) is 37.3 Å². The third-order valence-corrected chi connectivity index (χ3v) is 5.95. The molecule has 4 aromatic rings. The monoisotopic (exact) mass is 408 g/mol. The van der Waals surface area contributed by atoms with Gasteiger partial charge in [-0.2, -0.15) is 5.10 Å². The second-order valence-electron chi connectivity index (χ2n) is 7.43. The highest BCUT2D eigenvalue weighted by molar-refractivity contribution is 7.22. The van der Waals surface area contributed by atoms with Crippen molar-refractivity contribution in [3.63, 3.8) is 0 Å². The molecule has 4 rings (SSSR count). The molecule has 3 heterocycles. The number of furan rings is 1. The molecule has 0 aliphatic heterocycles. The van der Waals surface area contributed by atoms with Gasteiger partial charge in [0.2, 0.25) is 0 Å². The number of hydrogen-bond acceptors (Lipinski definition) is 5. The molecule has 0 unspecified atom stereocenters. The number of thiazole rings is 1. The third-order valence-electron chi connectivity index (χ3n) is 4.91. The molecular weight excluding hydrogens is 384 g/mol. The van der Waals surface area contributed by atoms with Gasteiger partial charge in [-0.25, -0.2) is 4.98 Å². The van der Waals surface area contributed by atoms with Crippen molar-refractivity contribution in [1.29, 1.82) is 0 Å². The third kappa shape index (κ3) is 3.82. The highest BCUT2D eigenvalue weighted by atomic mass is 32.1. The first-order chi connectivity index (χ1) is 13.9. The van der Waals surface area contributed by atoms with Gasteiger partial charge in [-0.05, 0) is 49.6 Å². The molecule has 0 fully saturated rings. The Morgan fingerprint density at radius 2 is 2.07 bits per heavy atom. The largest absolute Gasteiger partial charge is 0.459 e. The van der Waals surface area contributed by atoms with Gasteiger partial charge in [0.05, 0.1) is 28.7 Å². The summed E-state index contributed by atoms with van der Waals surface area (Å²) in [6, 6.07) is 11.6. The van der Waals surface area contributed by atoms with Crippen molar-refractivity contribution < 1.29 is 9.21 Å². The van der Waals surface area contributed by atoms with Crippen LogP contribution in [0.2, 0.25) is 0 Å². The summed E-state index contributed by atoms with van der Waals surface area (Å²) in [6.45, 7) is 9.34. The van der Waals surface area contributed by atoms with E-state index in [4.69, 9.17) is 9.40 Å². The molecule has 3 aromatic heterocycles. The Balaban J connectivity index is 1.71. The number of carbonyl (C=O) groups is 1. The van der Waals surface area contributed by atoms with Gasteiger partial charge in [0.25, 0.3) is 5.91 Å². The van der Waals surface area contributed by atoms with Crippen molar-refractivity contribution >= 4 is 32.6 Å². The molecule has 6 nitrogen and oxygen atoms in total. The van der Waals surface area contributed by atoms with Crippen LogP contribution in [0.4, 0.5) is 5.13 Å². The van der Waals surface area contributed by atoms with Crippen molar-refractivity contribution in [2.75, 3.05) is 11.4 Å². The van der Waals surface area contributed by atoms with Gasteiger partial charge >= 0.3 is 0 Å². The molecule has 29 heavy (non-hydrogen) atoms. The first-order valence-corrected chi connectivity index (χ1v) is 10.5. The fraction of sp³-hybridized carbons (Fsp3) is 0.318. The number of hydrogen-bond donors (Lipinski definition) is 0. The van der Waals surface area contributed by atoms with Crippen LogP contribution in [0.25, 0.3) is 10.2 Å². The van der Waals surface area contributed by atoms with E-state index >= 15 is 0 Å². The second-order valence-corrected chi connectivity index (χ2v) is 8.44. The quantitative estimate of drug-likeness (QED) is 0.441. The topological polar surface area (TPSA) is 64.2 Å². The van der Waals surface area contributed by atoms with E-state index in [2.05, 4.69) is 31.1 Å². The summed E-state index contributed by atoms with van der Waals surface area (Å²) in [5, 5.41) is 5.19. The van der Waals surface area contributed by atoms with E-state index in [1.807, 2.05) is 30.7 Å². The number of aromatic nitrogens is 3. The maximum atomic E-state index is 13.2. The molecule has 0 saturated heterocycles. The summed E-state index contributed by atoms with van der Waals surface area (Å²) in [7, 11) is 0. The SMILES string of the molecule is Cc1cc(C)n(CCN(C(=O)c2ccco2)c2nc3c(C(C)C)cccc3s2)n1. The van der Waals surface area contributed by atoms with Crippen LogP contribution in [0, 0.1) is 13.8 Å². The Kier molecular flexibility index (Phi) is 5.24. The second kappa shape index (κ2) is 7.83. The lowest BCUT2D eigenvalue weighted by atomic mass is 10.0. The molecule has 150 valence electrons. The van der Waals surface area contributed by atoms with Gasteiger partial charge in [-0.15, -0.1) is 0 Å². The molecule has 0 aliphatic carbocycles. The fourth-order valence-electron chi connectivity index (χ4n) is 3.45. The van der Waals surface area contributed by atoms with Crippen LogP contribution >= 0.6 is 11.3 Å². The average molecular weight is 409 g/mol. The number of rotatable bonds is 6. The molecular formula is C22H24N4O2S. The van der Waals surface area contributed by atoms with Crippen molar-refractivity contribution in [1.82, 2.24) is 14.8 Å². The molecule has 0 spiro atoms. The highest BCUT2D eigenvalue weighted by Crippen LogP contribution is 2.34. The Hall–Kier alpha value is -2.93. The van der Waals surface area contributed by atoms with Crippen LogP contribution in [-0.2, 0) is 6.54 Å². The molecule has 0 saturated carbocycles. The van der Waals surface area contributed by atoms with E-state index in [0.29, 0.717) is 29.9 Å². The fourth-order valence-corrected chi connectivity index (χ4v) is 4.48. The van der Waals surface area contributed by atoms with Gasteiger partial charge in [0.15, 0.2) is 10.9 Å². The number of aryl methyl sites for hydroxylation is 2. The molecule has 0 radical (unpaired) electrons. The predicted molar refractivity (Wildman–Crippen MR) is 116 cm³/mol. The predicted octanol–water partition coefficient (Wildman–Crippen LogP) is 5.17. The van der Waals surface area contributed by atoms with Crippen LogP contribution in [0.1, 0.15) is 47.3 Å². The number of amides is 1. The number of carbonyl (C=O) groups excluding carboxylic acids is 1. The minimum atomic E-state index is -0.193. The first kappa shape index (κ1) is 19.4. The Morgan fingerprint density at radius 3 is 2.72 bits per heavy atom. The lowest BCUT2D eigenvalue weighted by Gasteiger charge is -2.19. The Labute approximate surface area is 173 Å². The number of anilines is 1. The smallest absolute Gasteiger partial charge is 0.295 e. The zero-order chi connectivity index (χ0) is 20.5. The van der Waals surface area contributed by atoms with Gasteiger partial charge in [-0.3, -0.25) is 14.4 Å². The molecule has 7 heteroatoms. The molecule has 0 N–H and O–H groups in total. The molecule has 1 aromatic carbocycles. The Bertz CT molecular complexity index is 1140. The number of para-hydroxylation sites is 1. The summed E-state index contributed by atoms with van der Waals surface area (Å²) in [5.41, 5.74) is 4.19.